The minimum absolute atomic E-state index is 0.0769. The first kappa shape index (κ1) is 18.7. The molecular formula is C15H17FN4O4S2. The van der Waals surface area contributed by atoms with E-state index in [0.717, 1.165) is 30.4 Å². The summed E-state index contributed by atoms with van der Waals surface area (Å²) in [6.07, 6.45) is -0.0769. The predicted molar refractivity (Wildman–Crippen MR) is 93.7 cm³/mol. The number of aromatic nitrogens is 1. The number of benzene rings is 1. The monoisotopic (exact) mass is 400 g/mol. The van der Waals surface area contributed by atoms with Crippen LogP contribution in [-0.2, 0) is 26.0 Å². The number of hydrogen-bond donors (Lipinski definition) is 2. The van der Waals surface area contributed by atoms with Crippen molar-refractivity contribution < 1.29 is 22.3 Å². The molecule has 0 bridgehead atoms. The molecule has 0 spiro atoms. The van der Waals surface area contributed by atoms with Crippen LogP contribution < -0.4 is 15.2 Å². The summed E-state index contributed by atoms with van der Waals surface area (Å²) >= 11 is 1.42. The van der Waals surface area contributed by atoms with E-state index < -0.39 is 21.7 Å². The fourth-order valence-electron chi connectivity index (χ4n) is 2.30. The number of rotatable bonds is 6. The number of thiazole rings is 1. The minimum Gasteiger partial charge on any atom is -0.378 e. The minimum atomic E-state index is -4.04. The maximum atomic E-state index is 13.1. The van der Waals surface area contributed by atoms with Crippen molar-refractivity contribution in [2.75, 3.05) is 31.2 Å². The van der Waals surface area contributed by atoms with Crippen molar-refractivity contribution in [3.8, 4) is 0 Å². The van der Waals surface area contributed by atoms with Crippen LogP contribution >= 0.6 is 11.3 Å². The molecule has 26 heavy (non-hydrogen) atoms. The summed E-state index contributed by atoms with van der Waals surface area (Å²) in [4.78, 5) is 20.1. The van der Waals surface area contributed by atoms with Gasteiger partial charge in [0.25, 0.3) is 10.0 Å². The highest BCUT2D eigenvalue weighted by atomic mass is 32.2. The third-order valence-corrected chi connectivity index (χ3v) is 5.79. The molecule has 1 amide bonds. The van der Waals surface area contributed by atoms with Gasteiger partial charge in [-0.2, -0.15) is 0 Å². The fourth-order valence-corrected chi connectivity index (χ4v) is 4.07. The van der Waals surface area contributed by atoms with Gasteiger partial charge in [-0.15, -0.1) is 16.2 Å². The second-order valence-corrected chi connectivity index (χ2v) is 8.03. The molecule has 8 nitrogen and oxygen atoms in total. The Morgan fingerprint density at radius 2 is 2.12 bits per heavy atom. The lowest BCUT2D eigenvalue weighted by atomic mass is 10.3. The number of ether oxygens (including phenoxy) is 1. The molecule has 2 N–H and O–H groups in total. The van der Waals surface area contributed by atoms with Gasteiger partial charge in [0.2, 0.25) is 5.91 Å². The topological polar surface area (TPSA) is 101 Å². The summed E-state index contributed by atoms with van der Waals surface area (Å²) in [5, 5.41) is 2.56. The lowest BCUT2D eigenvalue weighted by molar-refractivity contribution is -0.120. The third-order valence-electron chi connectivity index (χ3n) is 3.59. The van der Waals surface area contributed by atoms with Crippen molar-refractivity contribution in [1.29, 1.82) is 0 Å². The Morgan fingerprint density at radius 3 is 2.85 bits per heavy atom. The number of anilines is 1. The number of amides is 1. The highest BCUT2D eigenvalue weighted by Crippen LogP contribution is 2.21. The Balaban J connectivity index is 1.55. The number of sulfonamides is 1. The molecule has 3 rings (SSSR count). The lowest BCUT2D eigenvalue weighted by Crippen LogP contribution is -2.42. The maximum absolute atomic E-state index is 13.1. The number of carbonyl (C=O) groups is 1. The van der Waals surface area contributed by atoms with Gasteiger partial charge in [-0.25, -0.2) is 17.8 Å². The molecule has 1 saturated heterocycles. The summed E-state index contributed by atoms with van der Waals surface area (Å²) in [6.45, 7) is 2.76. The van der Waals surface area contributed by atoms with Crippen LogP contribution in [0.3, 0.4) is 0 Å². The van der Waals surface area contributed by atoms with Crippen LogP contribution in [0.1, 0.15) is 5.69 Å². The van der Waals surface area contributed by atoms with Gasteiger partial charge in [-0.1, -0.05) is 6.07 Å². The fraction of sp³-hybridized carbons (Fsp3) is 0.333. The number of carbonyl (C=O) groups excluding carboxylic acids is 1. The summed E-state index contributed by atoms with van der Waals surface area (Å²) in [6, 6.07) is 4.50. The number of morpholine rings is 1. The molecule has 0 radical (unpaired) electrons. The first-order chi connectivity index (χ1) is 12.4. The highest BCUT2D eigenvalue weighted by Gasteiger charge is 2.18. The van der Waals surface area contributed by atoms with Crippen LogP contribution in [0.15, 0.2) is 34.5 Å². The van der Waals surface area contributed by atoms with E-state index in [1.807, 2.05) is 4.83 Å². The first-order valence-electron chi connectivity index (χ1n) is 7.77. The Kier molecular flexibility index (Phi) is 5.81. The smallest absolute Gasteiger partial charge is 0.257 e. The number of nitrogens with one attached hydrogen (secondary N) is 2. The van der Waals surface area contributed by atoms with E-state index in [2.05, 4.69) is 15.3 Å². The van der Waals surface area contributed by atoms with Crippen LogP contribution in [0, 0.1) is 5.82 Å². The van der Waals surface area contributed by atoms with Crippen LogP contribution in [-0.4, -0.2) is 45.6 Å². The van der Waals surface area contributed by atoms with Gasteiger partial charge in [0, 0.05) is 18.5 Å². The van der Waals surface area contributed by atoms with E-state index in [1.165, 1.54) is 23.5 Å². The third kappa shape index (κ3) is 4.75. The molecule has 0 saturated carbocycles. The summed E-state index contributed by atoms with van der Waals surface area (Å²) in [5.41, 5.74) is 2.65. The number of nitrogens with zero attached hydrogens (tertiary/aromatic N) is 2. The molecular weight excluding hydrogens is 383 g/mol. The van der Waals surface area contributed by atoms with Gasteiger partial charge in [0.15, 0.2) is 5.13 Å². The molecule has 11 heteroatoms. The molecule has 140 valence electrons. The Hall–Kier alpha value is -2.08. The molecule has 2 aromatic rings. The van der Waals surface area contributed by atoms with Crippen LogP contribution in [0.4, 0.5) is 9.52 Å². The Labute approximate surface area is 154 Å². The van der Waals surface area contributed by atoms with Crippen LogP contribution in [0.5, 0.6) is 0 Å². The quantitative estimate of drug-likeness (QED) is 0.692. The largest absolute Gasteiger partial charge is 0.378 e. The average Bonchev–Trinajstić information content (AvgIpc) is 3.09. The summed E-state index contributed by atoms with van der Waals surface area (Å²) in [7, 11) is -4.04. The van der Waals surface area contributed by atoms with Gasteiger partial charge < -0.3 is 9.64 Å². The number of hydrogen-bond acceptors (Lipinski definition) is 7. The van der Waals surface area contributed by atoms with Crippen molar-refractivity contribution in [2.24, 2.45) is 0 Å². The number of halogens is 1. The molecule has 1 fully saturated rings. The average molecular weight is 400 g/mol. The van der Waals surface area contributed by atoms with Crippen LogP contribution in [0.2, 0.25) is 0 Å². The zero-order valence-corrected chi connectivity index (χ0v) is 15.3. The van der Waals surface area contributed by atoms with Crippen molar-refractivity contribution in [2.45, 2.75) is 11.3 Å². The lowest BCUT2D eigenvalue weighted by Gasteiger charge is -2.26. The summed E-state index contributed by atoms with van der Waals surface area (Å²) < 4.78 is 42.5. The van der Waals surface area contributed by atoms with Gasteiger partial charge in [-0.3, -0.25) is 10.2 Å². The van der Waals surface area contributed by atoms with Gasteiger partial charge >= 0.3 is 0 Å². The van der Waals surface area contributed by atoms with Gasteiger partial charge in [-0.05, 0) is 18.2 Å². The molecule has 1 aliphatic heterocycles. The maximum Gasteiger partial charge on any atom is 0.257 e. The summed E-state index contributed by atoms with van der Waals surface area (Å²) in [5.74, 6) is -1.25. The van der Waals surface area contributed by atoms with E-state index >= 15 is 0 Å². The first-order valence-corrected chi connectivity index (χ1v) is 10.1. The van der Waals surface area contributed by atoms with Crippen molar-refractivity contribution in [3.05, 3.63) is 41.2 Å². The zero-order valence-electron chi connectivity index (χ0n) is 13.6. The van der Waals surface area contributed by atoms with Crippen molar-refractivity contribution >= 4 is 32.4 Å². The molecule has 1 aliphatic rings. The van der Waals surface area contributed by atoms with Gasteiger partial charge in [0.1, 0.15) is 5.82 Å². The molecule has 1 aromatic carbocycles. The second kappa shape index (κ2) is 8.08. The molecule has 2 heterocycles. The van der Waals surface area contributed by atoms with E-state index in [0.29, 0.717) is 18.9 Å². The normalized spacial score (nSPS) is 15.0. The molecule has 0 unspecified atom stereocenters. The second-order valence-electron chi connectivity index (χ2n) is 5.51. The van der Waals surface area contributed by atoms with Crippen molar-refractivity contribution in [1.82, 2.24) is 15.2 Å². The SMILES string of the molecule is O=C(Cc1csc(N2CCOCC2)n1)NNS(=O)(=O)c1cccc(F)c1. The molecule has 1 aromatic heterocycles. The Morgan fingerprint density at radius 1 is 1.35 bits per heavy atom. The van der Waals surface area contributed by atoms with E-state index in [-0.39, 0.29) is 11.3 Å². The molecule has 0 atom stereocenters. The number of hydrazine groups is 1. The molecule has 0 aliphatic carbocycles. The Bertz CT molecular complexity index is 881. The predicted octanol–water partition coefficient (Wildman–Crippen LogP) is 0.671. The highest BCUT2D eigenvalue weighted by molar-refractivity contribution is 7.89. The zero-order chi connectivity index (χ0) is 18.6. The van der Waals surface area contributed by atoms with E-state index in [4.69, 9.17) is 4.74 Å². The van der Waals surface area contributed by atoms with Crippen molar-refractivity contribution in [3.63, 3.8) is 0 Å². The van der Waals surface area contributed by atoms with Gasteiger partial charge in [0.05, 0.1) is 30.2 Å². The van der Waals surface area contributed by atoms with Crippen LogP contribution in [0.25, 0.3) is 0 Å². The standard InChI is InChI=1S/C15H17FN4O4S2/c16-11-2-1-3-13(8-11)26(22,23)19-18-14(21)9-12-10-25-15(17-12)20-4-6-24-7-5-20/h1-3,8,10,19H,4-7,9H2,(H,18,21). The van der Waals surface area contributed by atoms with E-state index in [9.17, 15) is 17.6 Å². The van der Waals surface area contributed by atoms with E-state index in [1.54, 1.807) is 5.38 Å².